The number of aromatic nitrogens is 1. The van der Waals surface area contributed by atoms with Gasteiger partial charge >= 0.3 is 0 Å². The molecule has 5 rings (SSSR count). The zero-order chi connectivity index (χ0) is 22.9. The minimum absolute atomic E-state index is 0.0708. The standard InChI is InChI=1S/C27H20N2O3S/c1-17-25(33-26(28-17)19-13-7-3-8-14-19)23(30)21-22(18-11-5-2-6-12-18)29(27(32)24(21)31)20-15-9-4-10-16-20/h2-16,22,31H,1H3. The molecule has 0 fully saturated rings. The van der Waals surface area contributed by atoms with Gasteiger partial charge in [-0.15, -0.1) is 11.3 Å². The predicted molar refractivity (Wildman–Crippen MR) is 129 cm³/mol. The largest absolute Gasteiger partial charge is 0.503 e. The number of amides is 1. The topological polar surface area (TPSA) is 70.5 Å². The molecule has 162 valence electrons. The summed E-state index contributed by atoms with van der Waals surface area (Å²) in [4.78, 5) is 33.5. The normalized spacial score (nSPS) is 15.8. The van der Waals surface area contributed by atoms with Crippen LogP contribution in [0.1, 0.15) is 27.0 Å². The summed E-state index contributed by atoms with van der Waals surface area (Å²) in [5.74, 6) is -1.50. The van der Waals surface area contributed by atoms with Crippen LogP contribution in [0.15, 0.2) is 102 Å². The Balaban J connectivity index is 1.62. The molecule has 33 heavy (non-hydrogen) atoms. The van der Waals surface area contributed by atoms with Gasteiger partial charge < -0.3 is 5.11 Å². The fraction of sp³-hybridized carbons (Fsp3) is 0.0741. The molecule has 0 saturated carbocycles. The SMILES string of the molecule is Cc1nc(-c2ccccc2)sc1C(=O)C1=C(O)C(=O)N(c2ccccc2)C1c1ccccc1. The number of aryl methyl sites for hydroxylation is 1. The van der Waals surface area contributed by atoms with Crippen molar-refractivity contribution in [3.05, 3.63) is 118 Å². The number of nitrogens with zero attached hydrogens (tertiary/aromatic N) is 2. The number of hydrogen-bond acceptors (Lipinski definition) is 5. The third kappa shape index (κ3) is 3.64. The van der Waals surface area contributed by atoms with Gasteiger partial charge in [0.25, 0.3) is 5.91 Å². The van der Waals surface area contributed by atoms with Crippen molar-refractivity contribution in [1.82, 2.24) is 4.98 Å². The van der Waals surface area contributed by atoms with Crippen LogP contribution in [0.3, 0.4) is 0 Å². The Morgan fingerprint density at radius 3 is 2.12 bits per heavy atom. The number of Topliss-reactive ketones (excluding diaryl/α,β-unsaturated/α-hetero) is 1. The zero-order valence-corrected chi connectivity index (χ0v) is 18.6. The molecule has 3 aromatic carbocycles. The number of aliphatic hydroxyl groups is 1. The predicted octanol–water partition coefficient (Wildman–Crippen LogP) is 5.90. The van der Waals surface area contributed by atoms with Crippen molar-refractivity contribution in [3.8, 4) is 10.6 Å². The quantitative estimate of drug-likeness (QED) is 0.383. The lowest BCUT2D eigenvalue weighted by Crippen LogP contribution is -2.30. The van der Waals surface area contributed by atoms with E-state index in [2.05, 4.69) is 4.98 Å². The summed E-state index contributed by atoms with van der Waals surface area (Å²) in [6.45, 7) is 1.77. The van der Waals surface area contributed by atoms with Crippen LogP contribution in [0.2, 0.25) is 0 Å². The highest BCUT2D eigenvalue weighted by molar-refractivity contribution is 7.17. The number of carbonyl (C=O) groups is 2. The van der Waals surface area contributed by atoms with Crippen molar-refractivity contribution < 1.29 is 14.7 Å². The second kappa shape index (κ2) is 8.48. The second-order valence-corrected chi connectivity index (χ2v) is 8.71. The molecule has 0 saturated heterocycles. The molecule has 1 amide bonds. The fourth-order valence-electron chi connectivity index (χ4n) is 4.08. The molecule has 1 aromatic heterocycles. The van der Waals surface area contributed by atoms with Crippen LogP contribution in [-0.2, 0) is 4.79 Å². The van der Waals surface area contributed by atoms with Crippen molar-refractivity contribution in [1.29, 1.82) is 0 Å². The first kappa shape index (κ1) is 20.8. The summed E-state index contributed by atoms with van der Waals surface area (Å²) in [6, 6.07) is 27.3. The average molecular weight is 453 g/mol. The van der Waals surface area contributed by atoms with E-state index >= 15 is 0 Å². The van der Waals surface area contributed by atoms with Crippen LogP contribution >= 0.6 is 11.3 Å². The lowest BCUT2D eigenvalue weighted by molar-refractivity contribution is -0.117. The number of para-hydroxylation sites is 1. The van der Waals surface area contributed by atoms with Gasteiger partial charge in [-0.25, -0.2) is 4.98 Å². The molecule has 6 heteroatoms. The summed E-state index contributed by atoms with van der Waals surface area (Å²) in [5, 5.41) is 11.6. The second-order valence-electron chi connectivity index (χ2n) is 7.71. The highest BCUT2D eigenvalue weighted by Crippen LogP contribution is 2.43. The molecule has 0 spiro atoms. The number of carbonyl (C=O) groups excluding carboxylic acids is 2. The lowest BCUT2D eigenvalue weighted by atomic mass is 9.95. The van der Waals surface area contributed by atoms with E-state index in [-0.39, 0.29) is 11.4 Å². The van der Waals surface area contributed by atoms with Crippen molar-refractivity contribution in [2.75, 3.05) is 4.90 Å². The Morgan fingerprint density at radius 1 is 0.909 bits per heavy atom. The Hall–Kier alpha value is -4.03. The Bertz CT molecular complexity index is 1360. The van der Waals surface area contributed by atoms with Crippen LogP contribution in [0.25, 0.3) is 10.6 Å². The molecule has 0 radical (unpaired) electrons. The molecule has 0 aliphatic carbocycles. The van der Waals surface area contributed by atoms with E-state index in [4.69, 9.17) is 0 Å². The Kier molecular flexibility index (Phi) is 5.36. The highest BCUT2D eigenvalue weighted by atomic mass is 32.1. The van der Waals surface area contributed by atoms with E-state index in [0.717, 1.165) is 16.1 Å². The van der Waals surface area contributed by atoms with Gasteiger partial charge in [0.2, 0.25) is 5.78 Å². The van der Waals surface area contributed by atoms with Gasteiger partial charge in [0.15, 0.2) is 5.76 Å². The molecule has 1 atom stereocenters. The molecule has 1 aliphatic heterocycles. The van der Waals surface area contributed by atoms with Crippen molar-refractivity contribution in [3.63, 3.8) is 0 Å². The molecule has 0 bridgehead atoms. The minimum Gasteiger partial charge on any atom is -0.503 e. The van der Waals surface area contributed by atoms with Crippen molar-refractivity contribution in [2.45, 2.75) is 13.0 Å². The number of hydrogen-bond donors (Lipinski definition) is 1. The molecule has 2 heterocycles. The van der Waals surface area contributed by atoms with Gasteiger partial charge in [-0.05, 0) is 24.6 Å². The minimum atomic E-state index is -0.740. The fourth-order valence-corrected chi connectivity index (χ4v) is 5.10. The number of thiazole rings is 1. The molecule has 1 N–H and O–H groups in total. The summed E-state index contributed by atoms with van der Waals surface area (Å²) in [7, 11) is 0. The number of ketones is 1. The maximum absolute atomic E-state index is 13.8. The van der Waals surface area contributed by atoms with E-state index in [0.29, 0.717) is 16.3 Å². The number of rotatable bonds is 5. The monoisotopic (exact) mass is 452 g/mol. The molecular weight excluding hydrogens is 432 g/mol. The maximum Gasteiger partial charge on any atom is 0.294 e. The number of anilines is 1. The lowest BCUT2D eigenvalue weighted by Gasteiger charge is -2.26. The van der Waals surface area contributed by atoms with Gasteiger partial charge in [-0.3, -0.25) is 14.5 Å². The van der Waals surface area contributed by atoms with Crippen LogP contribution in [0.4, 0.5) is 5.69 Å². The van der Waals surface area contributed by atoms with E-state index in [9.17, 15) is 14.7 Å². The maximum atomic E-state index is 13.8. The van der Waals surface area contributed by atoms with Gasteiger partial charge in [0, 0.05) is 11.3 Å². The highest BCUT2D eigenvalue weighted by Gasteiger charge is 2.45. The van der Waals surface area contributed by atoms with Gasteiger partial charge in [-0.1, -0.05) is 78.9 Å². The first-order valence-electron chi connectivity index (χ1n) is 10.5. The first-order chi connectivity index (χ1) is 16.1. The van der Waals surface area contributed by atoms with Crippen LogP contribution in [0, 0.1) is 6.92 Å². The van der Waals surface area contributed by atoms with Crippen molar-refractivity contribution >= 4 is 28.7 Å². The van der Waals surface area contributed by atoms with E-state index in [1.807, 2.05) is 78.9 Å². The van der Waals surface area contributed by atoms with E-state index < -0.39 is 17.7 Å². The molecule has 1 unspecified atom stereocenters. The van der Waals surface area contributed by atoms with Crippen LogP contribution < -0.4 is 4.90 Å². The first-order valence-corrected chi connectivity index (χ1v) is 11.3. The third-order valence-corrected chi connectivity index (χ3v) is 6.83. The van der Waals surface area contributed by atoms with E-state index in [1.54, 1.807) is 19.1 Å². The van der Waals surface area contributed by atoms with Gasteiger partial charge in [-0.2, -0.15) is 0 Å². The third-order valence-electron chi connectivity index (χ3n) is 5.63. The van der Waals surface area contributed by atoms with Crippen molar-refractivity contribution in [2.24, 2.45) is 0 Å². The van der Waals surface area contributed by atoms with Gasteiger partial charge in [0.1, 0.15) is 5.01 Å². The molecular formula is C27H20N2O3S. The summed E-state index contributed by atoms with van der Waals surface area (Å²) >= 11 is 1.27. The zero-order valence-electron chi connectivity index (χ0n) is 17.8. The Morgan fingerprint density at radius 2 is 1.48 bits per heavy atom. The van der Waals surface area contributed by atoms with Crippen LogP contribution in [-0.4, -0.2) is 21.8 Å². The molecule has 5 nitrogen and oxygen atoms in total. The smallest absolute Gasteiger partial charge is 0.294 e. The average Bonchev–Trinajstić information content (AvgIpc) is 3.38. The summed E-state index contributed by atoms with van der Waals surface area (Å²) in [5.41, 5.74) is 2.91. The molecule has 1 aliphatic rings. The Labute approximate surface area is 195 Å². The number of aliphatic hydroxyl groups excluding tert-OH is 1. The van der Waals surface area contributed by atoms with Gasteiger partial charge in [0.05, 0.1) is 22.2 Å². The molecule has 4 aromatic rings. The summed E-state index contributed by atoms with van der Waals surface area (Å²) < 4.78 is 0. The van der Waals surface area contributed by atoms with Crippen LogP contribution in [0.5, 0.6) is 0 Å². The number of benzene rings is 3. The van der Waals surface area contributed by atoms with E-state index in [1.165, 1.54) is 16.2 Å². The summed E-state index contributed by atoms with van der Waals surface area (Å²) in [6.07, 6.45) is 0.